The number of rotatable bonds is 7. The molecule has 1 aliphatic rings. The van der Waals surface area contributed by atoms with Gasteiger partial charge in [-0.1, -0.05) is 12.8 Å². The van der Waals surface area contributed by atoms with Gasteiger partial charge in [0, 0.05) is 6.54 Å². The number of hydrogen-bond donors (Lipinski definition) is 3. The Morgan fingerprint density at radius 1 is 1.24 bits per heavy atom. The van der Waals surface area contributed by atoms with Crippen LogP contribution in [0, 0.1) is 0 Å². The molecule has 3 N–H and O–H groups in total. The van der Waals surface area contributed by atoms with Crippen LogP contribution in [0.1, 0.15) is 32.1 Å². The summed E-state index contributed by atoms with van der Waals surface area (Å²) < 4.78 is 39.8. The van der Waals surface area contributed by atoms with E-state index >= 15 is 0 Å². The fourth-order valence-corrected chi connectivity index (χ4v) is 2.40. The number of carboxylic acid groups (broad SMARTS) is 1. The number of carboxylic acids is 1. The first-order valence-electron chi connectivity index (χ1n) is 6.65. The highest BCUT2D eigenvalue weighted by Crippen LogP contribution is 2.32. The minimum absolute atomic E-state index is 0.0783. The molecule has 0 spiro atoms. The van der Waals surface area contributed by atoms with E-state index in [0.717, 1.165) is 12.8 Å². The lowest BCUT2D eigenvalue weighted by atomic mass is 9.93. The highest BCUT2D eigenvalue weighted by molar-refractivity contribution is 5.76. The maximum atomic E-state index is 11.8. The summed E-state index contributed by atoms with van der Waals surface area (Å²) in [7, 11) is 0. The Morgan fingerprint density at radius 2 is 1.86 bits per heavy atom. The molecule has 1 aliphatic carbocycles. The predicted octanol–water partition coefficient (Wildman–Crippen LogP) is 1.65. The first-order chi connectivity index (χ1) is 9.72. The zero-order valence-electron chi connectivity index (χ0n) is 11.5. The summed E-state index contributed by atoms with van der Waals surface area (Å²) in [4.78, 5) is 22.5. The van der Waals surface area contributed by atoms with Gasteiger partial charge in [-0.25, -0.2) is 4.79 Å². The molecule has 21 heavy (non-hydrogen) atoms. The Balaban J connectivity index is 2.27. The second-order valence-corrected chi connectivity index (χ2v) is 5.11. The Bertz CT molecular complexity index is 368. The third kappa shape index (κ3) is 7.16. The van der Waals surface area contributed by atoms with Crippen LogP contribution >= 0.6 is 0 Å². The number of halogens is 3. The van der Waals surface area contributed by atoms with Crippen molar-refractivity contribution in [3.63, 3.8) is 0 Å². The maximum Gasteiger partial charge on any atom is 0.411 e. The van der Waals surface area contributed by atoms with Gasteiger partial charge >= 0.3 is 18.2 Å². The van der Waals surface area contributed by atoms with E-state index in [9.17, 15) is 22.8 Å². The molecule has 9 heteroatoms. The van der Waals surface area contributed by atoms with E-state index in [2.05, 4.69) is 15.4 Å². The van der Waals surface area contributed by atoms with Gasteiger partial charge in [0.2, 0.25) is 0 Å². The third-order valence-corrected chi connectivity index (χ3v) is 3.23. The van der Waals surface area contributed by atoms with Crippen molar-refractivity contribution in [2.75, 3.05) is 19.8 Å². The minimum atomic E-state index is -4.39. The van der Waals surface area contributed by atoms with Crippen molar-refractivity contribution in [3.05, 3.63) is 0 Å². The molecule has 0 bridgehead atoms. The van der Waals surface area contributed by atoms with E-state index in [1.54, 1.807) is 0 Å². The number of carbonyl (C=O) groups excluding carboxylic acids is 1. The first kappa shape index (κ1) is 17.5. The average molecular weight is 312 g/mol. The van der Waals surface area contributed by atoms with Crippen molar-refractivity contribution >= 4 is 12.0 Å². The molecular formula is C12H19F3N2O4. The van der Waals surface area contributed by atoms with E-state index in [1.165, 1.54) is 0 Å². The van der Waals surface area contributed by atoms with Gasteiger partial charge in [-0.2, -0.15) is 13.2 Å². The summed E-state index contributed by atoms with van der Waals surface area (Å²) in [6, 6.07) is -0.589. The Hall–Kier alpha value is -1.51. The van der Waals surface area contributed by atoms with Gasteiger partial charge in [0.1, 0.15) is 6.61 Å². The van der Waals surface area contributed by atoms with E-state index in [-0.39, 0.29) is 19.6 Å². The lowest BCUT2D eigenvalue weighted by molar-refractivity contribution is -0.173. The van der Waals surface area contributed by atoms with Gasteiger partial charge in [0.15, 0.2) is 0 Å². The standard InChI is InChI=1S/C12H19F3N2O4/c13-12(14,15)8-21-6-5-16-10(20)17-11(7-9(18)19)3-1-2-4-11/h1-8H2,(H,18,19)(H2,16,17,20). The molecule has 0 aromatic heterocycles. The summed E-state index contributed by atoms with van der Waals surface area (Å²) >= 11 is 0. The van der Waals surface area contributed by atoms with Crippen molar-refractivity contribution in [2.45, 2.75) is 43.8 Å². The topological polar surface area (TPSA) is 87.7 Å². The summed E-state index contributed by atoms with van der Waals surface area (Å²) in [5.74, 6) is -0.995. The molecule has 122 valence electrons. The van der Waals surface area contributed by atoms with Crippen LogP contribution in [-0.2, 0) is 9.53 Å². The van der Waals surface area contributed by atoms with E-state index < -0.39 is 30.3 Å². The summed E-state index contributed by atoms with van der Waals surface area (Å²) in [6.07, 6.45) is -1.72. The lowest BCUT2D eigenvalue weighted by Crippen LogP contribution is -2.52. The molecule has 0 aromatic carbocycles. The molecule has 0 aliphatic heterocycles. The highest BCUT2D eigenvalue weighted by atomic mass is 19.4. The SMILES string of the molecule is O=C(O)CC1(NC(=O)NCCOCC(F)(F)F)CCCC1. The van der Waals surface area contributed by atoms with Crippen LogP contribution in [0.25, 0.3) is 0 Å². The summed E-state index contributed by atoms with van der Waals surface area (Å²) in [5, 5.41) is 13.9. The van der Waals surface area contributed by atoms with Crippen LogP contribution in [0.2, 0.25) is 0 Å². The van der Waals surface area contributed by atoms with Crippen LogP contribution in [0.5, 0.6) is 0 Å². The number of carbonyl (C=O) groups is 2. The first-order valence-corrected chi connectivity index (χ1v) is 6.65. The summed E-state index contributed by atoms with van der Waals surface area (Å²) in [5.41, 5.74) is -0.761. The van der Waals surface area contributed by atoms with Gasteiger partial charge < -0.3 is 20.5 Å². The van der Waals surface area contributed by atoms with Crippen molar-refractivity contribution in [2.24, 2.45) is 0 Å². The van der Waals surface area contributed by atoms with E-state index in [1.807, 2.05) is 0 Å². The van der Waals surface area contributed by atoms with E-state index in [4.69, 9.17) is 5.11 Å². The van der Waals surface area contributed by atoms with Gasteiger partial charge in [-0.05, 0) is 12.8 Å². The molecule has 0 atom stereocenters. The second-order valence-electron chi connectivity index (χ2n) is 5.11. The summed E-state index contributed by atoms with van der Waals surface area (Å²) in [6.45, 7) is -1.71. The molecule has 2 amide bonds. The van der Waals surface area contributed by atoms with Crippen LogP contribution in [-0.4, -0.2) is 48.6 Å². The highest BCUT2D eigenvalue weighted by Gasteiger charge is 2.37. The molecule has 0 aromatic rings. The van der Waals surface area contributed by atoms with Crippen molar-refractivity contribution in [1.82, 2.24) is 10.6 Å². The fourth-order valence-electron chi connectivity index (χ4n) is 2.40. The number of nitrogens with one attached hydrogen (secondary N) is 2. The molecule has 0 unspecified atom stereocenters. The monoisotopic (exact) mass is 312 g/mol. The van der Waals surface area contributed by atoms with E-state index in [0.29, 0.717) is 12.8 Å². The molecular weight excluding hydrogens is 293 g/mol. The van der Waals surface area contributed by atoms with Gasteiger partial charge in [0.25, 0.3) is 0 Å². The van der Waals surface area contributed by atoms with Crippen LogP contribution in [0.15, 0.2) is 0 Å². The number of aliphatic carboxylic acids is 1. The van der Waals surface area contributed by atoms with Crippen molar-refractivity contribution in [1.29, 1.82) is 0 Å². The normalized spacial score (nSPS) is 17.5. The lowest BCUT2D eigenvalue weighted by Gasteiger charge is -2.28. The number of amides is 2. The largest absolute Gasteiger partial charge is 0.481 e. The molecule has 1 rings (SSSR count). The molecule has 0 heterocycles. The van der Waals surface area contributed by atoms with Gasteiger partial charge in [-0.3, -0.25) is 4.79 Å². The number of hydrogen-bond acceptors (Lipinski definition) is 3. The number of urea groups is 1. The number of alkyl halides is 3. The quantitative estimate of drug-likeness (QED) is 0.624. The minimum Gasteiger partial charge on any atom is -0.481 e. The smallest absolute Gasteiger partial charge is 0.411 e. The van der Waals surface area contributed by atoms with Crippen molar-refractivity contribution < 1.29 is 32.6 Å². The Morgan fingerprint density at radius 3 is 2.38 bits per heavy atom. The number of ether oxygens (including phenoxy) is 1. The zero-order valence-corrected chi connectivity index (χ0v) is 11.5. The van der Waals surface area contributed by atoms with Crippen LogP contribution in [0.4, 0.5) is 18.0 Å². The van der Waals surface area contributed by atoms with Gasteiger partial charge in [0.05, 0.1) is 18.6 Å². The molecule has 1 fully saturated rings. The Labute approximate surface area is 120 Å². The molecule has 6 nitrogen and oxygen atoms in total. The fraction of sp³-hybridized carbons (Fsp3) is 0.833. The van der Waals surface area contributed by atoms with Gasteiger partial charge in [-0.15, -0.1) is 0 Å². The Kier molecular flexibility index (Phi) is 6.25. The van der Waals surface area contributed by atoms with Crippen molar-refractivity contribution in [3.8, 4) is 0 Å². The van der Waals surface area contributed by atoms with Crippen LogP contribution in [0.3, 0.4) is 0 Å². The third-order valence-electron chi connectivity index (χ3n) is 3.23. The maximum absolute atomic E-state index is 11.8. The molecule has 0 saturated heterocycles. The molecule has 1 saturated carbocycles. The second kappa shape index (κ2) is 7.48. The predicted molar refractivity (Wildman–Crippen MR) is 66.9 cm³/mol. The van der Waals surface area contributed by atoms with Crippen LogP contribution < -0.4 is 10.6 Å². The molecule has 0 radical (unpaired) electrons. The average Bonchev–Trinajstić information content (AvgIpc) is 2.74. The zero-order chi connectivity index (χ0) is 15.9.